The van der Waals surface area contributed by atoms with Crippen molar-refractivity contribution in [3.05, 3.63) is 59.9 Å². The highest BCUT2D eigenvalue weighted by Gasteiger charge is 2.10. The normalized spacial score (nSPS) is 13.7. The Morgan fingerprint density at radius 3 is 2.67 bits per heavy atom. The summed E-state index contributed by atoms with van der Waals surface area (Å²) in [6.07, 6.45) is 1.21. The van der Waals surface area contributed by atoms with Gasteiger partial charge in [-0.25, -0.2) is 0 Å². The molecule has 2 N–H and O–H groups in total. The summed E-state index contributed by atoms with van der Waals surface area (Å²) in [6.45, 7) is 4.75. The predicted octanol–water partition coefficient (Wildman–Crippen LogP) is 2.48. The van der Waals surface area contributed by atoms with Crippen LogP contribution >= 0.6 is 0 Å². The van der Waals surface area contributed by atoms with E-state index in [9.17, 15) is 5.11 Å². The third-order valence-corrected chi connectivity index (χ3v) is 3.32. The monoisotopic (exact) mass is 286 g/mol. The molecule has 2 aromatic rings. The van der Waals surface area contributed by atoms with E-state index in [-0.39, 0.29) is 12.6 Å². The number of aromatic nitrogens is 1. The van der Waals surface area contributed by atoms with Crippen LogP contribution in [-0.4, -0.2) is 29.3 Å². The Kier molecular flexibility index (Phi) is 5.72. The average molecular weight is 286 g/mol. The maximum absolute atomic E-state index is 9.99. The predicted molar refractivity (Wildman–Crippen MR) is 83.3 cm³/mol. The number of aliphatic hydroxyl groups excluding tert-OH is 1. The molecule has 1 heterocycles. The molecule has 0 aliphatic carbocycles. The molecular formula is C17H22N2O2. The van der Waals surface area contributed by atoms with Crippen LogP contribution in [0.25, 0.3) is 0 Å². The Morgan fingerprint density at radius 1 is 1.19 bits per heavy atom. The van der Waals surface area contributed by atoms with Gasteiger partial charge in [0.2, 0.25) is 0 Å². The molecule has 0 fully saturated rings. The summed E-state index contributed by atoms with van der Waals surface area (Å²) in [5.41, 5.74) is 2.03. The lowest BCUT2D eigenvalue weighted by Gasteiger charge is -2.17. The van der Waals surface area contributed by atoms with Gasteiger partial charge in [-0.05, 0) is 37.6 Å². The number of para-hydroxylation sites is 1. The van der Waals surface area contributed by atoms with Crippen molar-refractivity contribution in [3.8, 4) is 5.75 Å². The van der Waals surface area contributed by atoms with Crippen LogP contribution in [0.2, 0.25) is 0 Å². The van der Waals surface area contributed by atoms with E-state index < -0.39 is 6.10 Å². The zero-order valence-electron chi connectivity index (χ0n) is 12.5. The highest BCUT2D eigenvalue weighted by atomic mass is 16.5. The van der Waals surface area contributed by atoms with Gasteiger partial charge in [0.05, 0.1) is 5.69 Å². The molecule has 0 aliphatic rings. The maximum Gasteiger partial charge on any atom is 0.122 e. The van der Waals surface area contributed by atoms with E-state index in [1.807, 2.05) is 56.3 Å². The summed E-state index contributed by atoms with van der Waals surface area (Å²) < 4.78 is 5.63. The molecule has 0 saturated heterocycles. The number of aliphatic hydroxyl groups is 1. The molecule has 2 atom stereocenters. The largest absolute Gasteiger partial charge is 0.491 e. The van der Waals surface area contributed by atoms with Crippen molar-refractivity contribution >= 4 is 0 Å². The van der Waals surface area contributed by atoms with Crippen molar-refractivity contribution in [2.75, 3.05) is 13.2 Å². The molecule has 0 aliphatic heterocycles. The minimum absolute atomic E-state index is 0.0966. The number of pyridine rings is 1. The van der Waals surface area contributed by atoms with Crippen LogP contribution in [0.4, 0.5) is 0 Å². The van der Waals surface area contributed by atoms with Gasteiger partial charge >= 0.3 is 0 Å². The van der Waals surface area contributed by atoms with Crippen LogP contribution in [0.3, 0.4) is 0 Å². The van der Waals surface area contributed by atoms with E-state index in [4.69, 9.17) is 4.74 Å². The first kappa shape index (κ1) is 15.5. The molecular weight excluding hydrogens is 264 g/mol. The van der Waals surface area contributed by atoms with Crippen LogP contribution in [0.15, 0.2) is 48.7 Å². The van der Waals surface area contributed by atoms with E-state index in [1.54, 1.807) is 6.20 Å². The van der Waals surface area contributed by atoms with Crippen LogP contribution in [0, 0.1) is 6.92 Å². The summed E-state index contributed by atoms with van der Waals surface area (Å²) in [6, 6.07) is 13.7. The molecule has 1 aromatic heterocycles. The molecule has 0 spiro atoms. The van der Waals surface area contributed by atoms with Gasteiger partial charge in [0.15, 0.2) is 0 Å². The van der Waals surface area contributed by atoms with E-state index in [2.05, 4.69) is 10.3 Å². The highest BCUT2D eigenvalue weighted by molar-refractivity contribution is 5.31. The Morgan fingerprint density at radius 2 is 1.95 bits per heavy atom. The van der Waals surface area contributed by atoms with Crippen LogP contribution in [-0.2, 0) is 0 Å². The highest BCUT2D eigenvalue weighted by Crippen LogP contribution is 2.16. The fourth-order valence-electron chi connectivity index (χ4n) is 2.01. The fraction of sp³-hybridized carbons (Fsp3) is 0.353. The van der Waals surface area contributed by atoms with Gasteiger partial charge in [0.25, 0.3) is 0 Å². The zero-order valence-corrected chi connectivity index (χ0v) is 12.5. The van der Waals surface area contributed by atoms with Gasteiger partial charge in [-0.2, -0.15) is 0 Å². The first-order valence-corrected chi connectivity index (χ1v) is 7.17. The van der Waals surface area contributed by atoms with Gasteiger partial charge in [0.1, 0.15) is 18.5 Å². The van der Waals surface area contributed by atoms with Gasteiger partial charge in [0, 0.05) is 18.8 Å². The number of ether oxygens (including phenoxy) is 1. The molecule has 0 saturated carbocycles. The second-order valence-corrected chi connectivity index (χ2v) is 5.11. The molecule has 1 aromatic carbocycles. The Labute approximate surface area is 125 Å². The lowest BCUT2D eigenvalue weighted by molar-refractivity contribution is 0.103. The Hall–Kier alpha value is -1.91. The SMILES string of the molecule is Cc1ccccc1OCC(O)CN[C@@H](C)c1ccccn1. The van der Waals surface area contributed by atoms with Gasteiger partial charge in [-0.3, -0.25) is 4.98 Å². The van der Waals surface area contributed by atoms with Crippen molar-refractivity contribution in [2.45, 2.75) is 26.0 Å². The molecule has 0 bridgehead atoms. The minimum Gasteiger partial charge on any atom is -0.491 e. The van der Waals surface area contributed by atoms with E-state index in [1.165, 1.54) is 0 Å². The topological polar surface area (TPSA) is 54.4 Å². The van der Waals surface area contributed by atoms with Gasteiger partial charge < -0.3 is 15.2 Å². The van der Waals surface area contributed by atoms with Crippen LogP contribution in [0.1, 0.15) is 24.2 Å². The van der Waals surface area contributed by atoms with Crippen molar-refractivity contribution in [1.82, 2.24) is 10.3 Å². The molecule has 112 valence electrons. The Balaban J connectivity index is 1.75. The summed E-state index contributed by atoms with van der Waals surface area (Å²) in [7, 11) is 0. The fourth-order valence-corrected chi connectivity index (χ4v) is 2.01. The van der Waals surface area contributed by atoms with Crippen molar-refractivity contribution in [2.24, 2.45) is 0 Å². The molecule has 0 radical (unpaired) electrons. The lowest BCUT2D eigenvalue weighted by atomic mass is 10.2. The lowest BCUT2D eigenvalue weighted by Crippen LogP contribution is -2.33. The molecule has 2 rings (SSSR count). The maximum atomic E-state index is 9.99. The summed E-state index contributed by atoms with van der Waals surface area (Å²) >= 11 is 0. The van der Waals surface area contributed by atoms with Crippen LogP contribution in [0.5, 0.6) is 5.75 Å². The molecule has 21 heavy (non-hydrogen) atoms. The van der Waals surface area contributed by atoms with E-state index >= 15 is 0 Å². The van der Waals surface area contributed by atoms with E-state index in [0.29, 0.717) is 6.54 Å². The molecule has 1 unspecified atom stereocenters. The number of rotatable bonds is 7. The number of nitrogens with one attached hydrogen (secondary N) is 1. The second-order valence-electron chi connectivity index (χ2n) is 5.11. The standard InChI is InChI=1S/C17H22N2O2/c1-13-7-3-4-9-17(13)21-12-15(20)11-19-14(2)16-8-5-6-10-18-16/h3-10,14-15,19-20H,11-12H2,1-2H3/t14-,15?/m0/s1. The van der Waals surface area contributed by atoms with Crippen LogP contribution < -0.4 is 10.1 Å². The zero-order chi connectivity index (χ0) is 15.1. The molecule has 0 amide bonds. The summed E-state index contributed by atoms with van der Waals surface area (Å²) in [5, 5.41) is 13.2. The number of nitrogens with zero attached hydrogens (tertiary/aromatic N) is 1. The van der Waals surface area contributed by atoms with Crippen molar-refractivity contribution in [1.29, 1.82) is 0 Å². The third-order valence-electron chi connectivity index (χ3n) is 3.32. The average Bonchev–Trinajstić information content (AvgIpc) is 2.52. The summed E-state index contributed by atoms with van der Waals surface area (Å²) in [4.78, 5) is 4.29. The number of hydrogen-bond acceptors (Lipinski definition) is 4. The molecule has 4 nitrogen and oxygen atoms in total. The second kappa shape index (κ2) is 7.76. The first-order valence-electron chi connectivity index (χ1n) is 7.17. The quantitative estimate of drug-likeness (QED) is 0.821. The number of aryl methyl sites for hydroxylation is 1. The summed E-state index contributed by atoms with van der Waals surface area (Å²) in [5.74, 6) is 0.814. The number of benzene rings is 1. The van der Waals surface area contributed by atoms with Crippen molar-refractivity contribution in [3.63, 3.8) is 0 Å². The third kappa shape index (κ3) is 4.85. The first-order chi connectivity index (χ1) is 10.2. The molecule has 4 heteroatoms. The van der Waals surface area contributed by atoms with Crippen molar-refractivity contribution < 1.29 is 9.84 Å². The Bertz CT molecular complexity index is 545. The minimum atomic E-state index is -0.559. The number of hydrogen-bond donors (Lipinski definition) is 2. The van der Waals surface area contributed by atoms with E-state index in [0.717, 1.165) is 17.0 Å². The van der Waals surface area contributed by atoms with Gasteiger partial charge in [-0.1, -0.05) is 24.3 Å². The smallest absolute Gasteiger partial charge is 0.122 e. The van der Waals surface area contributed by atoms with Gasteiger partial charge in [-0.15, -0.1) is 0 Å².